The van der Waals surface area contributed by atoms with Crippen molar-refractivity contribution in [3.05, 3.63) is 35.4 Å². The number of benzene rings is 1. The fourth-order valence-electron chi connectivity index (χ4n) is 2.70. The van der Waals surface area contributed by atoms with E-state index >= 15 is 0 Å². The number of thioether (sulfide) groups is 1. The molecule has 29 heavy (non-hydrogen) atoms. The fourth-order valence-corrected chi connectivity index (χ4v) is 3.13. The van der Waals surface area contributed by atoms with Gasteiger partial charge in [0.15, 0.2) is 23.3 Å². The van der Waals surface area contributed by atoms with Gasteiger partial charge >= 0.3 is 0 Å². The van der Waals surface area contributed by atoms with Crippen molar-refractivity contribution in [1.82, 2.24) is 25.4 Å². The van der Waals surface area contributed by atoms with Crippen LogP contribution in [0.3, 0.4) is 0 Å². The Morgan fingerprint density at radius 1 is 1.14 bits per heavy atom. The largest absolute Gasteiger partial charge is 0.493 e. The van der Waals surface area contributed by atoms with E-state index < -0.39 is 0 Å². The van der Waals surface area contributed by atoms with Crippen molar-refractivity contribution in [1.29, 1.82) is 0 Å². The number of ether oxygens (including phenoxy) is 2. The molecule has 0 radical (unpaired) electrons. The Morgan fingerprint density at radius 2 is 1.90 bits per heavy atom. The van der Waals surface area contributed by atoms with Crippen molar-refractivity contribution in [2.45, 2.75) is 26.3 Å². The second-order valence-electron chi connectivity index (χ2n) is 6.53. The summed E-state index contributed by atoms with van der Waals surface area (Å²) in [4.78, 5) is 4.68. The predicted octanol–water partition coefficient (Wildman–Crippen LogP) is 2.17. The van der Waals surface area contributed by atoms with Crippen LogP contribution in [0.15, 0.2) is 23.2 Å². The third-order valence-corrected chi connectivity index (χ3v) is 5.23. The molecule has 160 valence electrons. The molecule has 1 heterocycles. The monoisotopic (exact) mass is 420 g/mol. The Kier molecular flexibility index (Phi) is 9.63. The minimum Gasteiger partial charge on any atom is -0.493 e. The van der Waals surface area contributed by atoms with E-state index in [1.165, 1.54) is 5.56 Å². The van der Waals surface area contributed by atoms with E-state index in [0.717, 1.165) is 60.8 Å². The van der Waals surface area contributed by atoms with Gasteiger partial charge in [0.1, 0.15) is 12.4 Å². The summed E-state index contributed by atoms with van der Waals surface area (Å²) < 4.78 is 12.6. The third-order valence-electron chi connectivity index (χ3n) is 4.53. The van der Waals surface area contributed by atoms with E-state index in [9.17, 15) is 0 Å². The van der Waals surface area contributed by atoms with Gasteiger partial charge in [0.05, 0.1) is 14.2 Å². The molecule has 1 aromatic heterocycles. The Balaban J connectivity index is 1.95. The first-order valence-corrected chi connectivity index (χ1v) is 11.0. The molecule has 0 atom stereocenters. The van der Waals surface area contributed by atoms with Crippen LogP contribution in [0.2, 0.25) is 0 Å². The molecule has 0 aliphatic carbocycles. The Morgan fingerprint density at radius 3 is 2.55 bits per heavy atom. The number of hydrogen-bond acceptors (Lipinski definition) is 6. The van der Waals surface area contributed by atoms with Crippen molar-refractivity contribution >= 4 is 17.7 Å². The lowest BCUT2D eigenvalue weighted by molar-refractivity contribution is 0.354. The number of aromatic nitrogens is 3. The molecule has 2 aromatic rings. The highest BCUT2D eigenvalue weighted by Gasteiger charge is 2.07. The molecule has 0 amide bonds. The molecular formula is C20H32N6O2S. The van der Waals surface area contributed by atoms with Gasteiger partial charge in [-0.2, -0.15) is 11.8 Å². The van der Waals surface area contributed by atoms with Crippen LogP contribution in [0.5, 0.6) is 11.5 Å². The average molecular weight is 421 g/mol. The quantitative estimate of drug-likeness (QED) is 0.327. The highest BCUT2D eigenvalue weighted by atomic mass is 32.2. The standard InChI is InChI=1S/C20H32N6O2S/c1-15-24-25-19(26(15)2)14-23-20(21-10-6-12-29-5)22-11-9-16-7-8-17(27-3)18(13-16)28-4/h7-8,13H,6,9-12,14H2,1-5H3,(H2,21,22,23). The number of aliphatic imine (C=N–C) groups is 1. The van der Waals surface area contributed by atoms with E-state index in [1.54, 1.807) is 14.2 Å². The maximum Gasteiger partial charge on any atom is 0.191 e. The van der Waals surface area contributed by atoms with Gasteiger partial charge in [0.25, 0.3) is 0 Å². The number of nitrogens with zero attached hydrogens (tertiary/aromatic N) is 4. The fraction of sp³-hybridized carbons (Fsp3) is 0.550. The van der Waals surface area contributed by atoms with Crippen molar-refractivity contribution in [3.8, 4) is 11.5 Å². The molecule has 0 aliphatic rings. The van der Waals surface area contributed by atoms with Gasteiger partial charge in [-0.3, -0.25) is 0 Å². The van der Waals surface area contributed by atoms with Crippen LogP contribution in [0.4, 0.5) is 0 Å². The molecular weight excluding hydrogens is 388 g/mol. The van der Waals surface area contributed by atoms with Crippen LogP contribution in [0, 0.1) is 6.92 Å². The number of rotatable bonds is 11. The predicted molar refractivity (Wildman–Crippen MR) is 119 cm³/mol. The molecule has 9 heteroatoms. The van der Waals surface area contributed by atoms with E-state index in [2.05, 4.69) is 32.1 Å². The van der Waals surface area contributed by atoms with Crippen LogP contribution in [0.1, 0.15) is 23.6 Å². The number of guanidine groups is 1. The van der Waals surface area contributed by atoms with E-state index in [1.807, 2.05) is 48.5 Å². The lowest BCUT2D eigenvalue weighted by atomic mass is 10.1. The summed E-state index contributed by atoms with van der Waals surface area (Å²) in [6.45, 7) is 4.04. The van der Waals surface area contributed by atoms with Gasteiger partial charge < -0.3 is 24.7 Å². The van der Waals surface area contributed by atoms with Crippen LogP contribution < -0.4 is 20.1 Å². The van der Waals surface area contributed by atoms with Crippen LogP contribution in [-0.2, 0) is 20.0 Å². The minimum absolute atomic E-state index is 0.478. The van der Waals surface area contributed by atoms with E-state index in [0.29, 0.717) is 6.54 Å². The molecule has 1 aromatic carbocycles. The molecule has 0 aliphatic heterocycles. The second kappa shape index (κ2) is 12.2. The molecule has 0 spiro atoms. The third kappa shape index (κ3) is 7.16. The SMILES string of the molecule is COc1ccc(CCNC(=NCc2nnc(C)n2C)NCCCSC)cc1OC. The zero-order chi connectivity index (χ0) is 21.1. The summed E-state index contributed by atoms with van der Waals surface area (Å²) in [5, 5.41) is 15.1. The Hall–Kier alpha value is -2.42. The van der Waals surface area contributed by atoms with Crippen LogP contribution in [0.25, 0.3) is 0 Å². The summed E-state index contributed by atoms with van der Waals surface area (Å²) in [7, 11) is 5.25. The van der Waals surface area contributed by atoms with Crippen molar-refractivity contribution in [2.75, 3.05) is 39.3 Å². The highest BCUT2D eigenvalue weighted by Crippen LogP contribution is 2.27. The molecule has 8 nitrogen and oxygen atoms in total. The molecule has 0 fully saturated rings. The van der Waals surface area contributed by atoms with Crippen LogP contribution in [-0.4, -0.2) is 60.0 Å². The topological polar surface area (TPSA) is 85.6 Å². The zero-order valence-electron chi connectivity index (χ0n) is 18.0. The lowest BCUT2D eigenvalue weighted by Gasteiger charge is -2.13. The molecule has 2 rings (SSSR count). The van der Waals surface area contributed by atoms with Gasteiger partial charge in [-0.15, -0.1) is 10.2 Å². The number of methoxy groups -OCH3 is 2. The lowest BCUT2D eigenvalue weighted by Crippen LogP contribution is -2.39. The normalized spacial score (nSPS) is 11.4. The summed E-state index contributed by atoms with van der Waals surface area (Å²) in [6, 6.07) is 5.99. The summed E-state index contributed by atoms with van der Waals surface area (Å²) in [5.41, 5.74) is 1.17. The number of nitrogens with one attached hydrogen (secondary N) is 2. The average Bonchev–Trinajstić information content (AvgIpc) is 3.06. The number of hydrogen-bond donors (Lipinski definition) is 2. The Labute approximate surface area is 177 Å². The molecule has 0 unspecified atom stereocenters. The first-order valence-electron chi connectivity index (χ1n) is 9.66. The van der Waals surface area contributed by atoms with Crippen LogP contribution >= 0.6 is 11.8 Å². The molecule has 2 N–H and O–H groups in total. The maximum atomic E-state index is 5.38. The Bertz CT molecular complexity index is 793. The van der Waals surface area contributed by atoms with Gasteiger partial charge in [-0.25, -0.2) is 4.99 Å². The van der Waals surface area contributed by atoms with Gasteiger partial charge in [-0.1, -0.05) is 6.07 Å². The maximum absolute atomic E-state index is 5.38. The summed E-state index contributed by atoms with van der Waals surface area (Å²) >= 11 is 1.85. The van der Waals surface area contributed by atoms with Crippen molar-refractivity contribution in [2.24, 2.45) is 12.0 Å². The molecule has 0 saturated carbocycles. The van der Waals surface area contributed by atoms with E-state index in [4.69, 9.17) is 9.47 Å². The summed E-state index contributed by atoms with van der Waals surface area (Å²) in [6.07, 6.45) is 4.04. The van der Waals surface area contributed by atoms with Crippen molar-refractivity contribution in [3.63, 3.8) is 0 Å². The highest BCUT2D eigenvalue weighted by molar-refractivity contribution is 7.98. The van der Waals surface area contributed by atoms with Gasteiger partial charge in [-0.05, 0) is 49.5 Å². The summed E-state index contributed by atoms with van der Waals surface area (Å²) in [5.74, 6) is 5.10. The second-order valence-corrected chi connectivity index (χ2v) is 7.51. The number of aryl methyl sites for hydroxylation is 1. The smallest absolute Gasteiger partial charge is 0.191 e. The minimum atomic E-state index is 0.478. The van der Waals surface area contributed by atoms with Gasteiger partial charge in [0, 0.05) is 20.1 Å². The van der Waals surface area contributed by atoms with E-state index in [-0.39, 0.29) is 0 Å². The first kappa shape index (κ1) is 22.9. The molecule has 0 bridgehead atoms. The van der Waals surface area contributed by atoms with Crippen molar-refractivity contribution < 1.29 is 9.47 Å². The molecule has 0 saturated heterocycles. The first-order chi connectivity index (χ1) is 14.1. The van der Waals surface area contributed by atoms with Gasteiger partial charge in [0.2, 0.25) is 0 Å². The zero-order valence-corrected chi connectivity index (χ0v) is 18.8.